The lowest BCUT2D eigenvalue weighted by Crippen LogP contribution is -2.30. The fourth-order valence-electron chi connectivity index (χ4n) is 8.12. The molecular formula is C58H106O6. The van der Waals surface area contributed by atoms with Crippen molar-refractivity contribution in [1.82, 2.24) is 0 Å². The second-order valence-electron chi connectivity index (χ2n) is 18.8. The molecule has 0 fully saturated rings. The Bertz CT molecular complexity index is 1080. The molecule has 0 heterocycles. The number of carbonyl (C=O) groups excluding carboxylic acids is 3. The van der Waals surface area contributed by atoms with Gasteiger partial charge in [0.2, 0.25) is 0 Å². The Morgan fingerprint density at radius 2 is 0.562 bits per heavy atom. The van der Waals surface area contributed by atoms with Crippen molar-refractivity contribution in [3.63, 3.8) is 0 Å². The third-order valence-corrected chi connectivity index (χ3v) is 12.4. The molecule has 0 bridgehead atoms. The van der Waals surface area contributed by atoms with E-state index in [4.69, 9.17) is 14.2 Å². The van der Waals surface area contributed by atoms with Gasteiger partial charge in [0.15, 0.2) is 6.10 Å². The van der Waals surface area contributed by atoms with E-state index in [1.807, 2.05) is 0 Å². The van der Waals surface area contributed by atoms with Gasteiger partial charge in [0.1, 0.15) is 13.2 Å². The van der Waals surface area contributed by atoms with Gasteiger partial charge in [-0.3, -0.25) is 14.4 Å². The number of hydrogen-bond acceptors (Lipinski definition) is 6. The highest BCUT2D eigenvalue weighted by molar-refractivity contribution is 5.71. The molecule has 6 heteroatoms. The number of allylic oxidation sites excluding steroid dienone is 6. The van der Waals surface area contributed by atoms with Crippen LogP contribution in [0.15, 0.2) is 36.5 Å². The summed E-state index contributed by atoms with van der Waals surface area (Å²) in [4.78, 5) is 38.0. The smallest absolute Gasteiger partial charge is 0.306 e. The van der Waals surface area contributed by atoms with Crippen molar-refractivity contribution in [3.8, 4) is 0 Å². The maximum atomic E-state index is 12.8. The van der Waals surface area contributed by atoms with Gasteiger partial charge in [0.25, 0.3) is 0 Å². The fourth-order valence-corrected chi connectivity index (χ4v) is 8.12. The molecule has 0 aliphatic carbocycles. The molecule has 0 spiro atoms. The van der Waals surface area contributed by atoms with Gasteiger partial charge in [-0.2, -0.15) is 0 Å². The molecule has 0 saturated carbocycles. The molecule has 0 N–H and O–H groups in total. The number of rotatable bonds is 51. The molecule has 0 saturated heterocycles. The van der Waals surface area contributed by atoms with Crippen molar-refractivity contribution in [2.45, 2.75) is 303 Å². The van der Waals surface area contributed by atoms with Crippen LogP contribution < -0.4 is 0 Å². The van der Waals surface area contributed by atoms with Crippen LogP contribution in [-0.2, 0) is 28.6 Å². The monoisotopic (exact) mass is 899 g/mol. The zero-order valence-electron chi connectivity index (χ0n) is 42.8. The lowest BCUT2D eigenvalue weighted by atomic mass is 10.1. The second-order valence-corrected chi connectivity index (χ2v) is 18.8. The molecule has 0 rings (SSSR count). The van der Waals surface area contributed by atoms with Crippen molar-refractivity contribution < 1.29 is 28.6 Å². The summed E-state index contributed by atoms with van der Waals surface area (Å²) in [6, 6.07) is 0. The molecule has 0 amide bonds. The third kappa shape index (κ3) is 50.6. The van der Waals surface area contributed by atoms with Crippen LogP contribution in [0.4, 0.5) is 0 Å². The molecule has 0 aliphatic rings. The van der Waals surface area contributed by atoms with Crippen molar-refractivity contribution >= 4 is 17.9 Å². The second kappa shape index (κ2) is 53.2. The Kier molecular flexibility index (Phi) is 51.3. The molecule has 0 radical (unpaired) electrons. The normalized spacial score (nSPS) is 12.2. The lowest BCUT2D eigenvalue weighted by molar-refractivity contribution is -0.167. The zero-order chi connectivity index (χ0) is 46.5. The van der Waals surface area contributed by atoms with Crippen LogP contribution in [-0.4, -0.2) is 37.2 Å². The Labute approximate surface area is 397 Å². The van der Waals surface area contributed by atoms with Crippen LogP contribution >= 0.6 is 0 Å². The summed E-state index contributed by atoms with van der Waals surface area (Å²) in [6.07, 6.45) is 62.7. The van der Waals surface area contributed by atoms with Crippen LogP contribution in [0.5, 0.6) is 0 Å². The van der Waals surface area contributed by atoms with Gasteiger partial charge in [-0.05, 0) is 77.0 Å². The third-order valence-electron chi connectivity index (χ3n) is 12.4. The molecule has 0 aromatic heterocycles. The minimum atomic E-state index is -0.774. The molecule has 0 aromatic rings. The average Bonchev–Trinajstić information content (AvgIpc) is 3.29. The molecule has 374 valence electrons. The molecule has 1 atom stereocenters. The SMILES string of the molecule is CCCCC/C=C\C/C=C\CCCCCCCCCCCC(=O)OC[C@@H](COC(=O)CCCCCCCCCCCCC)OC(=O)CCCCCCC/C=C\CCCCCCCCC. The predicted octanol–water partition coefficient (Wildman–Crippen LogP) is 18.5. The van der Waals surface area contributed by atoms with E-state index in [2.05, 4.69) is 57.2 Å². The number of unbranched alkanes of at least 4 members (excludes halogenated alkanes) is 34. The van der Waals surface area contributed by atoms with Crippen LogP contribution in [0.3, 0.4) is 0 Å². The fraction of sp³-hybridized carbons (Fsp3) is 0.845. The lowest BCUT2D eigenvalue weighted by Gasteiger charge is -2.18. The van der Waals surface area contributed by atoms with E-state index in [0.29, 0.717) is 19.3 Å². The molecule has 0 aromatic carbocycles. The minimum Gasteiger partial charge on any atom is -0.462 e. The number of carbonyl (C=O) groups is 3. The van der Waals surface area contributed by atoms with Gasteiger partial charge < -0.3 is 14.2 Å². The summed E-state index contributed by atoms with van der Waals surface area (Å²) in [6.45, 7) is 6.63. The minimum absolute atomic E-state index is 0.0735. The van der Waals surface area contributed by atoms with Crippen molar-refractivity contribution in [2.24, 2.45) is 0 Å². The van der Waals surface area contributed by atoms with Crippen molar-refractivity contribution in [1.29, 1.82) is 0 Å². The van der Waals surface area contributed by atoms with E-state index < -0.39 is 6.10 Å². The van der Waals surface area contributed by atoms with E-state index in [1.165, 1.54) is 186 Å². The summed E-state index contributed by atoms with van der Waals surface area (Å²) >= 11 is 0. The molecule has 0 aliphatic heterocycles. The first-order chi connectivity index (χ1) is 31.5. The highest BCUT2D eigenvalue weighted by Gasteiger charge is 2.19. The van der Waals surface area contributed by atoms with Gasteiger partial charge in [0, 0.05) is 19.3 Å². The Hall–Kier alpha value is -2.37. The van der Waals surface area contributed by atoms with E-state index in [0.717, 1.165) is 70.6 Å². The maximum absolute atomic E-state index is 12.8. The standard InChI is InChI=1S/C58H106O6/c1-4-7-10-13-16-19-22-24-26-28-29-30-32-33-36-39-42-45-48-51-57(60)63-54-55(53-62-56(59)50-47-44-41-38-35-21-18-15-12-9-6-3)64-58(61)52-49-46-43-40-37-34-31-27-25-23-20-17-14-11-8-5-2/h16,19,24,26-27,31,55H,4-15,17-18,20-23,25,28-30,32-54H2,1-3H3/b19-16-,26-24-,31-27-/t55-/m1/s1. The van der Waals surface area contributed by atoms with Gasteiger partial charge in [-0.25, -0.2) is 0 Å². The summed E-state index contributed by atoms with van der Waals surface area (Å²) in [7, 11) is 0. The van der Waals surface area contributed by atoms with Gasteiger partial charge in [0.05, 0.1) is 0 Å². The summed E-state index contributed by atoms with van der Waals surface area (Å²) in [5.41, 5.74) is 0. The van der Waals surface area contributed by atoms with Crippen molar-refractivity contribution in [2.75, 3.05) is 13.2 Å². The first-order valence-electron chi connectivity index (χ1n) is 28.0. The van der Waals surface area contributed by atoms with E-state index >= 15 is 0 Å². The van der Waals surface area contributed by atoms with Crippen molar-refractivity contribution in [3.05, 3.63) is 36.5 Å². The topological polar surface area (TPSA) is 78.9 Å². The predicted molar refractivity (Wildman–Crippen MR) is 275 cm³/mol. The number of esters is 3. The summed E-state index contributed by atoms with van der Waals surface area (Å²) < 4.78 is 16.8. The zero-order valence-corrected chi connectivity index (χ0v) is 42.8. The Balaban J connectivity index is 4.32. The highest BCUT2D eigenvalue weighted by Crippen LogP contribution is 2.16. The average molecular weight is 899 g/mol. The summed E-state index contributed by atoms with van der Waals surface area (Å²) in [5, 5.41) is 0. The van der Waals surface area contributed by atoms with E-state index in [-0.39, 0.29) is 31.1 Å². The van der Waals surface area contributed by atoms with E-state index in [9.17, 15) is 14.4 Å². The Morgan fingerprint density at radius 1 is 0.312 bits per heavy atom. The van der Waals surface area contributed by atoms with Crippen LogP contribution in [0, 0.1) is 0 Å². The molecule has 0 unspecified atom stereocenters. The Morgan fingerprint density at radius 3 is 0.906 bits per heavy atom. The first-order valence-corrected chi connectivity index (χ1v) is 28.0. The molecule has 64 heavy (non-hydrogen) atoms. The van der Waals surface area contributed by atoms with Crippen LogP contribution in [0.2, 0.25) is 0 Å². The maximum Gasteiger partial charge on any atom is 0.306 e. The molecular weight excluding hydrogens is 793 g/mol. The summed E-state index contributed by atoms with van der Waals surface area (Å²) in [5.74, 6) is -0.873. The van der Waals surface area contributed by atoms with Gasteiger partial charge in [-0.1, -0.05) is 237 Å². The van der Waals surface area contributed by atoms with Gasteiger partial charge >= 0.3 is 17.9 Å². The first kappa shape index (κ1) is 61.6. The number of ether oxygens (including phenoxy) is 3. The highest BCUT2D eigenvalue weighted by atomic mass is 16.6. The van der Waals surface area contributed by atoms with Crippen LogP contribution in [0.1, 0.15) is 297 Å². The van der Waals surface area contributed by atoms with Crippen LogP contribution in [0.25, 0.3) is 0 Å². The molecule has 6 nitrogen and oxygen atoms in total. The van der Waals surface area contributed by atoms with Gasteiger partial charge in [-0.15, -0.1) is 0 Å². The quantitative estimate of drug-likeness (QED) is 0.0262. The largest absolute Gasteiger partial charge is 0.462 e. The van der Waals surface area contributed by atoms with E-state index in [1.54, 1.807) is 0 Å². The number of hydrogen-bond donors (Lipinski definition) is 0.